The molecule has 0 amide bonds. The fraction of sp³-hybridized carbons (Fsp3) is 0.419. The van der Waals surface area contributed by atoms with E-state index in [1.807, 2.05) is 42.5 Å². The smallest absolute Gasteiger partial charge is 0.317 e. The third-order valence-electron chi connectivity index (χ3n) is 11.6. The van der Waals surface area contributed by atoms with Crippen molar-refractivity contribution >= 4 is 18.2 Å². The molecule has 1 unspecified atom stereocenters. The molecule has 11 N–H and O–H groups in total. The van der Waals surface area contributed by atoms with Crippen LogP contribution >= 0.6 is 0 Å². The summed E-state index contributed by atoms with van der Waals surface area (Å²) in [7, 11) is 1.51. The Bertz CT molecular complexity index is 2270. The molecule has 1 saturated heterocycles. The number of benzene rings is 3. The number of carboxylic acid groups (broad SMARTS) is 1. The van der Waals surface area contributed by atoms with Crippen molar-refractivity contribution in [2.45, 2.75) is 80.5 Å². The molecular formula is C43H49N4O15+. The molecule has 5 heterocycles. The molecule has 0 bridgehead atoms. The highest BCUT2D eigenvalue weighted by Gasteiger charge is 2.52. The van der Waals surface area contributed by atoms with E-state index < -0.39 is 73.5 Å². The maximum atomic E-state index is 12.4. The summed E-state index contributed by atoms with van der Waals surface area (Å²) in [5.74, 6) is -1.48. The third kappa shape index (κ3) is 8.21. The number of hydrogen-bond acceptors (Lipinski definition) is 17. The maximum Gasteiger partial charge on any atom is 0.317 e. The number of aliphatic carboxylic acids is 1. The second-order valence-corrected chi connectivity index (χ2v) is 15.6. The van der Waals surface area contributed by atoms with Crippen LogP contribution in [0.2, 0.25) is 0 Å². The molecular weight excluding hydrogens is 812 g/mol. The monoisotopic (exact) mass is 861 g/mol. The van der Waals surface area contributed by atoms with Gasteiger partial charge in [0.05, 0.1) is 25.8 Å². The number of hydrogen-bond donors (Lipinski definition) is 9. The van der Waals surface area contributed by atoms with Crippen molar-refractivity contribution in [1.82, 2.24) is 0 Å². The number of aliphatic hydroxyl groups excluding tert-OH is 5. The summed E-state index contributed by atoms with van der Waals surface area (Å²) in [5, 5.41) is 62.6. The predicted octanol–water partition coefficient (Wildman–Crippen LogP) is -1.28. The molecule has 19 heteroatoms. The number of carboxylic acids is 1. The van der Waals surface area contributed by atoms with Crippen LogP contribution < -0.4 is 40.1 Å². The second kappa shape index (κ2) is 18.0. The van der Waals surface area contributed by atoms with Gasteiger partial charge in [-0.05, 0) is 23.8 Å². The quantitative estimate of drug-likeness (QED) is 0.0460. The van der Waals surface area contributed by atoms with Crippen molar-refractivity contribution in [3.05, 3.63) is 99.9 Å². The first-order chi connectivity index (χ1) is 29.9. The Balaban J connectivity index is 1.21. The zero-order valence-electron chi connectivity index (χ0n) is 33.5. The van der Waals surface area contributed by atoms with E-state index in [0.29, 0.717) is 58.5 Å². The highest BCUT2D eigenvalue weighted by atomic mass is 16.7. The van der Waals surface area contributed by atoms with Gasteiger partial charge in [-0.2, -0.15) is 0 Å². The molecule has 0 saturated carbocycles. The molecule has 0 aromatic heterocycles. The number of nitrogens with one attached hydrogen (secondary N) is 1. The van der Waals surface area contributed by atoms with Gasteiger partial charge in [0.1, 0.15) is 86.5 Å². The van der Waals surface area contributed by atoms with E-state index in [1.54, 1.807) is 24.4 Å². The van der Waals surface area contributed by atoms with E-state index in [0.717, 1.165) is 21.6 Å². The van der Waals surface area contributed by atoms with Crippen LogP contribution in [0.25, 0.3) is 0 Å². The zero-order valence-corrected chi connectivity index (χ0v) is 33.5. The van der Waals surface area contributed by atoms with Crippen molar-refractivity contribution < 1.29 is 78.3 Å². The largest absolute Gasteiger partial charge is 0.493 e. The molecule has 1 fully saturated rings. The van der Waals surface area contributed by atoms with Gasteiger partial charge in [0.25, 0.3) is 0 Å². The minimum absolute atomic E-state index is 0.0162. The lowest BCUT2D eigenvalue weighted by molar-refractivity contribution is -0.867. The second-order valence-electron chi connectivity index (χ2n) is 15.6. The summed E-state index contributed by atoms with van der Waals surface area (Å²) in [5.41, 5.74) is 17.2. The van der Waals surface area contributed by atoms with Gasteiger partial charge in [-0.25, -0.2) is 0 Å². The summed E-state index contributed by atoms with van der Waals surface area (Å²) in [6.07, 6.45) is -10.5. The summed E-state index contributed by atoms with van der Waals surface area (Å²) < 4.78 is 43.0. The van der Waals surface area contributed by atoms with E-state index in [1.165, 1.54) is 7.11 Å². The van der Waals surface area contributed by atoms with Crippen LogP contribution in [-0.2, 0) is 32.0 Å². The first-order valence-corrected chi connectivity index (χ1v) is 20.1. The Morgan fingerprint density at radius 1 is 1.02 bits per heavy atom. The Kier molecular flexibility index (Phi) is 12.5. The van der Waals surface area contributed by atoms with Crippen molar-refractivity contribution in [2.24, 2.45) is 16.5 Å². The van der Waals surface area contributed by atoms with Gasteiger partial charge in [-0.1, -0.05) is 36.4 Å². The number of quaternary nitrogens is 1. The Morgan fingerprint density at radius 2 is 1.81 bits per heavy atom. The predicted molar refractivity (Wildman–Crippen MR) is 215 cm³/mol. The van der Waals surface area contributed by atoms with Crippen molar-refractivity contribution in [3.8, 4) is 28.7 Å². The third-order valence-corrected chi connectivity index (χ3v) is 11.6. The van der Waals surface area contributed by atoms with Crippen molar-refractivity contribution in [2.75, 3.05) is 33.5 Å². The van der Waals surface area contributed by atoms with Gasteiger partial charge in [0.2, 0.25) is 12.0 Å². The summed E-state index contributed by atoms with van der Waals surface area (Å²) in [6, 6.07) is 16.8. The molecule has 8 rings (SSSR count). The molecule has 10 atom stereocenters. The number of methoxy groups -OCH3 is 1. The molecule has 19 nitrogen and oxygen atoms in total. The minimum atomic E-state index is -1.92. The van der Waals surface area contributed by atoms with E-state index >= 15 is 0 Å². The minimum Gasteiger partial charge on any atom is -0.493 e. The van der Waals surface area contributed by atoms with E-state index in [-0.39, 0.29) is 38.0 Å². The zero-order chi connectivity index (χ0) is 43.8. The number of nitrogens with two attached hydrogens (primary N) is 2. The van der Waals surface area contributed by atoms with Gasteiger partial charge < -0.3 is 75.3 Å². The van der Waals surface area contributed by atoms with Crippen LogP contribution in [0.15, 0.2) is 82.6 Å². The Hall–Kier alpha value is -5.61. The molecule has 0 spiro atoms. The Labute approximate surface area is 354 Å². The normalized spacial score (nSPS) is 27.3. The maximum absolute atomic E-state index is 12.4. The first-order valence-electron chi connectivity index (χ1n) is 20.1. The van der Waals surface area contributed by atoms with Crippen LogP contribution in [-0.4, -0.2) is 131 Å². The highest BCUT2D eigenvalue weighted by molar-refractivity contribution is 5.90. The number of rotatable bonds is 16. The lowest BCUT2D eigenvalue weighted by Crippen LogP contribution is -3.08. The van der Waals surface area contributed by atoms with Gasteiger partial charge in [0.15, 0.2) is 23.3 Å². The number of carbonyl (C=O) groups excluding carboxylic acids is 1. The average Bonchev–Trinajstić information content (AvgIpc) is 3.96. The van der Waals surface area contributed by atoms with E-state index in [2.05, 4.69) is 4.99 Å². The van der Waals surface area contributed by atoms with Crippen LogP contribution in [0.5, 0.6) is 28.7 Å². The standard InChI is InChI=1S/C43H48N4O15/c1-56-26-8-7-24-32-27(13-20-5-3-2-4-6-20)59-28-15-23(58-43-36(55)34(53)35(54)40(62-43)41(42(44)45)60-30(52)16-29(50)51)14-22(18-47-17-21-9-10-46-33(21)25(47)19-49)31(28)39(32)61-37(24)38(26)57-12-11-48/h2-10,14-15,27,32,34-36,39-43,48-49,53-55H,11-13,16-19,44-45H2,1H3,(H,50,51)/p+1/t27-,32-,34+,35+,36-,39+,40+,41+,43-/m1/s1. The molecule has 62 heavy (non-hydrogen) atoms. The number of aliphatic hydroxyl groups is 5. The average molecular weight is 862 g/mol. The fourth-order valence-corrected chi connectivity index (χ4v) is 8.85. The summed E-state index contributed by atoms with van der Waals surface area (Å²) in [6.45, 7) is 0.240. The lowest BCUT2D eigenvalue weighted by atomic mass is 9.80. The number of esters is 1. The van der Waals surface area contributed by atoms with Gasteiger partial charge in [-0.15, -0.1) is 0 Å². The number of ether oxygens (including phenoxy) is 7. The van der Waals surface area contributed by atoms with Crippen molar-refractivity contribution in [1.29, 1.82) is 0 Å². The SMILES string of the molecule is COc1ccc2c(c1OCCO)O[C@H]1c3c(C[NH+]4CC5=CC=NC5=C4CO)cc(O[C@@H]4O[C@H]([C@H](OC(=O)CC(=O)O)C(N)N)[C@@H](O)[C@H](O)[C@H]4O)cc3O[C@H](Cc3ccccc3)[C@@H]21. The topological polar surface area (TPSA) is 289 Å². The number of aliphatic imine (C=N–C) groups is 1. The van der Waals surface area contributed by atoms with Gasteiger partial charge in [-0.3, -0.25) is 19.5 Å². The van der Waals surface area contributed by atoms with Crippen LogP contribution in [0.3, 0.4) is 0 Å². The molecule has 5 aliphatic heterocycles. The summed E-state index contributed by atoms with van der Waals surface area (Å²) in [4.78, 5) is 28.9. The lowest BCUT2D eigenvalue weighted by Gasteiger charge is -2.43. The van der Waals surface area contributed by atoms with Crippen LogP contribution in [0.4, 0.5) is 0 Å². The molecule has 3 aromatic carbocycles. The first kappa shape index (κ1) is 43.1. The Morgan fingerprint density at radius 3 is 2.52 bits per heavy atom. The molecule has 0 radical (unpaired) electrons. The fourth-order valence-electron chi connectivity index (χ4n) is 8.85. The van der Waals surface area contributed by atoms with Crippen LogP contribution in [0, 0.1) is 0 Å². The van der Waals surface area contributed by atoms with Crippen molar-refractivity contribution in [3.63, 3.8) is 0 Å². The van der Waals surface area contributed by atoms with Gasteiger partial charge >= 0.3 is 11.9 Å². The number of carbonyl (C=O) groups is 2. The number of fused-ring (bicyclic) bond motifs is 6. The molecule has 330 valence electrons. The highest BCUT2D eigenvalue weighted by Crippen LogP contribution is 2.59. The molecule has 3 aromatic rings. The molecule has 5 aliphatic rings. The molecule has 0 aliphatic carbocycles. The van der Waals surface area contributed by atoms with Crippen LogP contribution in [0.1, 0.15) is 40.7 Å². The van der Waals surface area contributed by atoms with E-state index in [4.69, 9.17) is 49.7 Å². The number of nitrogens with zero attached hydrogens (tertiary/aromatic N) is 1. The number of allylic oxidation sites excluding steroid dienone is 1. The van der Waals surface area contributed by atoms with Gasteiger partial charge in [0, 0.05) is 41.0 Å². The summed E-state index contributed by atoms with van der Waals surface area (Å²) >= 11 is 0. The van der Waals surface area contributed by atoms with E-state index in [9.17, 15) is 35.1 Å².